The molecule has 2 aromatic carbocycles. The highest BCUT2D eigenvalue weighted by Gasteiger charge is 2.17. The molecule has 26 heavy (non-hydrogen) atoms. The minimum absolute atomic E-state index is 0.0833. The van der Waals surface area contributed by atoms with E-state index in [1.165, 1.54) is 50.5 Å². The average Bonchev–Trinajstić information content (AvgIpc) is 2.60. The average molecular weight is 381 g/mol. The van der Waals surface area contributed by atoms with Gasteiger partial charge in [0.15, 0.2) is 0 Å². The molecule has 0 saturated carbocycles. The molecule has 0 aromatic heterocycles. The summed E-state index contributed by atoms with van der Waals surface area (Å²) in [6, 6.07) is 11.0. The summed E-state index contributed by atoms with van der Waals surface area (Å²) < 4.78 is 43.4. The number of hydrogen-bond acceptors (Lipinski definition) is 4. The van der Waals surface area contributed by atoms with Crippen LogP contribution in [0.4, 0.5) is 14.9 Å². The number of amides is 2. The molecule has 2 rings (SSSR count). The monoisotopic (exact) mass is 381 g/mol. The molecular weight excluding hydrogens is 361 g/mol. The molecule has 0 saturated heterocycles. The predicted octanol–water partition coefficient (Wildman–Crippen LogP) is 2.28. The third-order valence-corrected chi connectivity index (χ3v) is 5.15. The van der Waals surface area contributed by atoms with Crippen molar-refractivity contribution in [1.29, 1.82) is 0 Å². The van der Waals surface area contributed by atoms with E-state index in [4.69, 9.17) is 4.74 Å². The zero-order valence-electron chi connectivity index (χ0n) is 14.4. The normalized spacial score (nSPS) is 11.2. The van der Waals surface area contributed by atoms with E-state index in [-0.39, 0.29) is 23.9 Å². The van der Waals surface area contributed by atoms with Crippen molar-refractivity contribution in [1.82, 2.24) is 9.62 Å². The van der Waals surface area contributed by atoms with Crippen molar-refractivity contribution < 1.29 is 22.3 Å². The molecule has 0 aliphatic rings. The van der Waals surface area contributed by atoms with Gasteiger partial charge < -0.3 is 15.4 Å². The molecule has 0 fully saturated rings. The van der Waals surface area contributed by atoms with Gasteiger partial charge in [-0.05, 0) is 42.5 Å². The molecule has 0 unspecified atom stereocenters. The van der Waals surface area contributed by atoms with Crippen LogP contribution in [0.1, 0.15) is 0 Å². The molecule has 2 aromatic rings. The van der Waals surface area contributed by atoms with Crippen LogP contribution in [-0.4, -0.2) is 46.0 Å². The number of benzene rings is 2. The quantitative estimate of drug-likeness (QED) is 0.721. The Hall–Kier alpha value is -2.65. The molecule has 0 heterocycles. The number of nitrogens with one attached hydrogen (secondary N) is 2. The number of carbonyl (C=O) groups is 1. The van der Waals surface area contributed by atoms with E-state index in [9.17, 15) is 17.6 Å². The zero-order chi connectivity index (χ0) is 19.2. The van der Waals surface area contributed by atoms with Crippen LogP contribution in [0.15, 0.2) is 53.4 Å². The fourth-order valence-electron chi connectivity index (χ4n) is 1.98. The lowest BCUT2D eigenvalue weighted by molar-refractivity contribution is 0.247. The number of carbonyl (C=O) groups excluding carboxylic acids is 1. The zero-order valence-corrected chi connectivity index (χ0v) is 15.2. The summed E-state index contributed by atoms with van der Waals surface area (Å²) in [5.41, 5.74) is 0.352. The maximum absolute atomic E-state index is 12.8. The van der Waals surface area contributed by atoms with Crippen molar-refractivity contribution >= 4 is 21.7 Å². The van der Waals surface area contributed by atoms with Gasteiger partial charge in [-0.15, -0.1) is 0 Å². The van der Waals surface area contributed by atoms with Gasteiger partial charge in [0.1, 0.15) is 18.2 Å². The lowest BCUT2D eigenvalue weighted by Crippen LogP contribution is -2.32. The lowest BCUT2D eigenvalue weighted by atomic mass is 10.3. The number of rotatable bonds is 7. The number of nitrogens with zero attached hydrogens (tertiary/aromatic N) is 1. The van der Waals surface area contributed by atoms with Crippen molar-refractivity contribution in [3.63, 3.8) is 0 Å². The smallest absolute Gasteiger partial charge is 0.319 e. The molecule has 0 atom stereocenters. The van der Waals surface area contributed by atoms with Crippen LogP contribution in [-0.2, 0) is 10.0 Å². The molecule has 0 bridgehead atoms. The summed E-state index contributed by atoms with van der Waals surface area (Å²) in [5, 5.41) is 5.15. The number of sulfonamides is 1. The van der Waals surface area contributed by atoms with Gasteiger partial charge in [-0.2, -0.15) is 0 Å². The Morgan fingerprint density at radius 1 is 1.15 bits per heavy atom. The Labute approximate surface area is 151 Å². The number of anilines is 1. The maximum atomic E-state index is 12.8. The molecule has 7 nitrogen and oxygen atoms in total. The Morgan fingerprint density at radius 3 is 2.50 bits per heavy atom. The Kier molecular flexibility index (Phi) is 6.53. The summed E-state index contributed by atoms with van der Waals surface area (Å²) in [4.78, 5) is 12.0. The van der Waals surface area contributed by atoms with Gasteiger partial charge in [0.2, 0.25) is 10.0 Å². The van der Waals surface area contributed by atoms with Gasteiger partial charge in [0, 0.05) is 19.8 Å². The number of ether oxygens (including phenoxy) is 1. The van der Waals surface area contributed by atoms with Gasteiger partial charge in [-0.25, -0.2) is 21.9 Å². The number of halogens is 1. The predicted molar refractivity (Wildman–Crippen MR) is 96.2 cm³/mol. The van der Waals surface area contributed by atoms with Gasteiger partial charge >= 0.3 is 6.03 Å². The first-order chi connectivity index (χ1) is 12.3. The van der Waals surface area contributed by atoms with E-state index in [0.29, 0.717) is 11.4 Å². The largest absolute Gasteiger partial charge is 0.492 e. The SMILES string of the molecule is CN(C)S(=O)(=O)c1cccc(NC(=O)NCCOc2ccc(F)cc2)c1. The van der Waals surface area contributed by atoms with E-state index in [2.05, 4.69) is 10.6 Å². The first kappa shape index (κ1) is 19.7. The van der Waals surface area contributed by atoms with E-state index >= 15 is 0 Å². The van der Waals surface area contributed by atoms with Gasteiger partial charge in [0.25, 0.3) is 0 Å². The van der Waals surface area contributed by atoms with Gasteiger partial charge in [-0.3, -0.25) is 0 Å². The fourth-order valence-corrected chi connectivity index (χ4v) is 2.93. The van der Waals surface area contributed by atoms with Crippen molar-refractivity contribution in [3.8, 4) is 5.75 Å². The first-order valence-corrected chi connectivity index (χ1v) is 9.19. The second kappa shape index (κ2) is 8.63. The first-order valence-electron chi connectivity index (χ1n) is 7.75. The van der Waals surface area contributed by atoms with E-state index in [1.54, 1.807) is 12.1 Å². The molecule has 140 valence electrons. The fraction of sp³-hybridized carbons (Fsp3) is 0.235. The summed E-state index contributed by atoms with van der Waals surface area (Å²) in [5.74, 6) is 0.142. The van der Waals surface area contributed by atoms with Crippen LogP contribution in [0.3, 0.4) is 0 Å². The maximum Gasteiger partial charge on any atom is 0.319 e. The molecule has 9 heteroatoms. The molecule has 2 N–H and O–H groups in total. The van der Waals surface area contributed by atoms with Crippen LogP contribution in [0, 0.1) is 5.82 Å². The molecule has 0 spiro atoms. The van der Waals surface area contributed by atoms with E-state index in [0.717, 1.165) is 4.31 Å². The van der Waals surface area contributed by atoms with Crippen LogP contribution in [0.5, 0.6) is 5.75 Å². The van der Waals surface area contributed by atoms with Crippen molar-refractivity contribution in [2.45, 2.75) is 4.90 Å². The van der Waals surface area contributed by atoms with Crippen LogP contribution in [0.25, 0.3) is 0 Å². The number of hydrogen-bond donors (Lipinski definition) is 2. The van der Waals surface area contributed by atoms with Crippen molar-refractivity contribution in [2.24, 2.45) is 0 Å². The Balaban J connectivity index is 1.83. The minimum atomic E-state index is -3.57. The molecular formula is C17H20FN3O4S. The second-order valence-electron chi connectivity index (χ2n) is 5.50. The number of urea groups is 1. The van der Waals surface area contributed by atoms with Crippen molar-refractivity contribution in [2.75, 3.05) is 32.6 Å². The topological polar surface area (TPSA) is 87.7 Å². The summed E-state index contributed by atoms with van der Waals surface area (Å²) in [7, 11) is -0.707. The second-order valence-corrected chi connectivity index (χ2v) is 7.65. The molecule has 2 amide bonds. The highest BCUT2D eigenvalue weighted by Crippen LogP contribution is 2.17. The van der Waals surface area contributed by atoms with Gasteiger partial charge in [-0.1, -0.05) is 6.07 Å². The van der Waals surface area contributed by atoms with Crippen molar-refractivity contribution in [3.05, 3.63) is 54.3 Å². The summed E-state index contributed by atoms with van der Waals surface area (Å²) >= 11 is 0. The van der Waals surface area contributed by atoms with E-state index < -0.39 is 16.1 Å². The standard InChI is InChI=1S/C17H20FN3O4S/c1-21(2)26(23,24)16-5-3-4-14(12-16)20-17(22)19-10-11-25-15-8-6-13(18)7-9-15/h3-9,12H,10-11H2,1-2H3,(H2,19,20,22). The Morgan fingerprint density at radius 2 is 1.85 bits per heavy atom. The third kappa shape index (κ3) is 5.43. The molecule has 0 radical (unpaired) electrons. The Bertz CT molecular complexity index is 855. The highest BCUT2D eigenvalue weighted by molar-refractivity contribution is 7.89. The van der Waals surface area contributed by atoms with Crippen LogP contribution >= 0.6 is 0 Å². The highest BCUT2D eigenvalue weighted by atomic mass is 32.2. The lowest BCUT2D eigenvalue weighted by Gasteiger charge is -2.13. The third-order valence-electron chi connectivity index (χ3n) is 3.34. The van der Waals surface area contributed by atoms with E-state index in [1.807, 2.05) is 0 Å². The summed E-state index contributed by atoms with van der Waals surface area (Å²) in [6.45, 7) is 0.424. The van der Waals surface area contributed by atoms with Crippen LogP contribution in [0.2, 0.25) is 0 Å². The summed E-state index contributed by atoms with van der Waals surface area (Å²) in [6.07, 6.45) is 0. The van der Waals surface area contributed by atoms with Crippen LogP contribution < -0.4 is 15.4 Å². The minimum Gasteiger partial charge on any atom is -0.492 e. The van der Waals surface area contributed by atoms with Gasteiger partial charge in [0.05, 0.1) is 11.4 Å². The molecule has 0 aliphatic carbocycles. The molecule has 0 aliphatic heterocycles.